The highest BCUT2D eigenvalue weighted by Gasteiger charge is 2.06. The second-order valence-electron chi connectivity index (χ2n) is 6.92. The lowest BCUT2D eigenvalue weighted by Crippen LogP contribution is -2.20. The maximum atomic E-state index is 12.1. The number of hydrogen-bond donors (Lipinski definition) is 1. The number of ether oxygens (including phenoxy) is 1. The van der Waals surface area contributed by atoms with Crippen LogP contribution in [0.5, 0.6) is 5.75 Å². The predicted molar refractivity (Wildman–Crippen MR) is 120 cm³/mol. The van der Waals surface area contributed by atoms with Crippen LogP contribution in [-0.2, 0) is 4.79 Å². The molecule has 0 aromatic heterocycles. The average molecular weight is 407 g/mol. The van der Waals surface area contributed by atoms with E-state index in [4.69, 9.17) is 16.3 Å². The van der Waals surface area contributed by atoms with E-state index in [2.05, 4.69) is 23.3 Å². The Morgan fingerprint density at radius 3 is 2.62 bits per heavy atom. The van der Waals surface area contributed by atoms with E-state index in [9.17, 15) is 4.79 Å². The van der Waals surface area contributed by atoms with Gasteiger partial charge in [0.05, 0.1) is 5.69 Å². The van der Waals surface area contributed by atoms with Crippen LogP contribution in [0.3, 0.4) is 0 Å². The highest BCUT2D eigenvalue weighted by Crippen LogP contribution is 2.21. The molecule has 1 amide bonds. The van der Waals surface area contributed by atoms with Gasteiger partial charge in [-0.3, -0.25) is 9.79 Å². The fraction of sp³-hybridized carbons (Fsp3) is 0.167. The molecule has 3 rings (SSSR count). The van der Waals surface area contributed by atoms with E-state index >= 15 is 0 Å². The van der Waals surface area contributed by atoms with E-state index in [1.165, 1.54) is 5.56 Å². The van der Waals surface area contributed by atoms with Crippen LogP contribution in [0.25, 0.3) is 0 Å². The molecule has 5 heteroatoms. The Morgan fingerprint density at radius 1 is 1.03 bits per heavy atom. The largest absolute Gasteiger partial charge is 0.484 e. The molecule has 0 atom stereocenters. The van der Waals surface area contributed by atoms with Crippen molar-refractivity contribution in [3.63, 3.8) is 0 Å². The molecule has 0 aliphatic rings. The molecule has 0 unspecified atom stereocenters. The van der Waals surface area contributed by atoms with Crippen molar-refractivity contribution < 1.29 is 9.53 Å². The second kappa shape index (κ2) is 9.39. The molecule has 0 saturated heterocycles. The SMILES string of the molecule is Cc1ccc(N=Cc2cccc(OCC(=O)Nc3ccc(C)c(Cl)c3)c2)c(C)c1. The molecule has 0 radical (unpaired) electrons. The van der Waals surface area contributed by atoms with Crippen LogP contribution in [0.4, 0.5) is 11.4 Å². The lowest BCUT2D eigenvalue weighted by molar-refractivity contribution is -0.118. The average Bonchev–Trinajstić information content (AvgIpc) is 2.69. The Morgan fingerprint density at radius 2 is 1.86 bits per heavy atom. The van der Waals surface area contributed by atoms with Gasteiger partial charge in [-0.15, -0.1) is 0 Å². The number of benzene rings is 3. The number of amides is 1. The quantitative estimate of drug-likeness (QED) is 0.508. The lowest BCUT2D eigenvalue weighted by atomic mass is 10.1. The van der Waals surface area contributed by atoms with Crippen molar-refractivity contribution in [1.29, 1.82) is 0 Å². The number of nitrogens with zero attached hydrogens (tertiary/aromatic N) is 1. The van der Waals surface area contributed by atoms with E-state index in [0.717, 1.165) is 22.4 Å². The van der Waals surface area contributed by atoms with Crippen molar-refractivity contribution in [3.8, 4) is 5.75 Å². The fourth-order valence-electron chi connectivity index (χ4n) is 2.80. The summed E-state index contributed by atoms with van der Waals surface area (Å²) in [6.07, 6.45) is 1.79. The standard InChI is InChI=1S/C24H23ClN2O2/c1-16-7-10-23(18(3)11-16)26-14-19-5-4-6-21(12-19)29-15-24(28)27-20-9-8-17(2)22(25)13-20/h4-14H,15H2,1-3H3,(H,27,28). The van der Waals surface area contributed by atoms with Crippen molar-refractivity contribution in [3.05, 3.63) is 87.9 Å². The smallest absolute Gasteiger partial charge is 0.262 e. The van der Waals surface area contributed by atoms with Crippen LogP contribution in [-0.4, -0.2) is 18.7 Å². The molecule has 0 spiro atoms. The van der Waals surface area contributed by atoms with Gasteiger partial charge in [-0.1, -0.05) is 47.5 Å². The zero-order valence-electron chi connectivity index (χ0n) is 16.7. The first kappa shape index (κ1) is 20.6. The van der Waals surface area contributed by atoms with Gasteiger partial charge in [-0.2, -0.15) is 0 Å². The molecule has 29 heavy (non-hydrogen) atoms. The van der Waals surface area contributed by atoms with E-state index < -0.39 is 0 Å². The third-order valence-electron chi connectivity index (χ3n) is 4.39. The molecular weight excluding hydrogens is 384 g/mol. The summed E-state index contributed by atoms with van der Waals surface area (Å²) in [6, 6.07) is 19.0. The monoisotopic (exact) mass is 406 g/mol. The van der Waals surface area contributed by atoms with Gasteiger partial charge >= 0.3 is 0 Å². The van der Waals surface area contributed by atoms with E-state index in [-0.39, 0.29) is 12.5 Å². The third-order valence-corrected chi connectivity index (χ3v) is 4.80. The summed E-state index contributed by atoms with van der Waals surface area (Å²) in [6.45, 7) is 5.92. The Labute approximate surface area is 176 Å². The van der Waals surface area contributed by atoms with Gasteiger partial charge in [0.25, 0.3) is 5.91 Å². The number of halogens is 1. The molecule has 0 aliphatic heterocycles. The minimum Gasteiger partial charge on any atom is -0.484 e. The van der Waals surface area contributed by atoms with Crippen LogP contribution < -0.4 is 10.1 Å². The van der Waals surface area contributed by atoms with Crippen LogP contribution >= 0.6 is 11.6 Å². The zero-order valence-corrected chi connectivity index (χ0v) is 17.5. The zero-order chi connectivity index (χ0) is 20.8. The van der Waals surface area contributed by atoms with Crippen molar-refractivity contribution in [2.45, 2.75) is 20.8 Å². The number of nitrogens with one attached hydrogen (secondary N) is 1. The van der Waals surface area contributed by atoms with Crippen molar-refractivity contribution in [2.24, 2.45) is 4.99 Å². The van der Waals surface area contributed by atoms with Gasteiger partial charge < -0.3 is 10.1 Å². The molecule has 0 saturated carbocycles. The molecule has 3 aromatic carbocycles. The van der Waals surface area contributed by atoms with Crippen molar-refractivity contribution in [1.82, 2.24) is 0 Å². The Kier molecular flexibility index (Phi) is 6.68. The number of anilines is 1. The number of aliphatic imine (C=N–C) groups is 1. The topological polar surface area (TPSA) is 50.7 Å². The van der Waals surface area contributed by atoms with Crippen molar-refractivity contribution in [2.75, 3.05) is 11.9 Å². The molecular formula is C24H23ClN2O2. The minimum absolute atomic E-state index is 0.0941. The summed E-state index contributed by atoms with van der Waals surface area (Å²) in [5, 5.41) is 3.39. The molecule has 4 nitrogen and oxygen atoms in total. The minimum atomic E-state index is -0.251. The van der Waals surface area contributed by atoms with Gasteiger partial charge in [-0.05, 0) is 67.8 Å². The molecule has 0 bridgehead atoms. The first-order valence-corrected chi connectivity index (χ1v) is 9.69. The molecule has 0 heterocycles. The van der Waals surface area contributed by atoms with Gasteiger partial charge in [-0.25, -0.2) is 0 Å². The van der Waals surface area contributed by atoms with E-state index in [1.54, 1.807) is 12.3 Å². The van der Waals surface area contributed by atoms with Crippen LogP contribution in [0.2, 0.25) is 5.02 Å². The Hall–Kier alpha value is -3.11. The maximum absolute atomic E-state index is 12.1. The fourth-order valence-corrected chi connectivity index (χ4v) is 2.98. The summed E-state index contributed by atoms with van der Waals surface area (Å²) >= 11 is 6.08. The second-order valence-corrected chi connectivity index (χ2v) is 7.33. The third kappa shape index (κ3) is 5.93. The number of aryl methyl sites for hydroxylation is 3. The Balaban J connectivity index is 1.60. The van der Waals surface area contributed by atoms with Crippen LogP contribution in [0.15, 0.2) is 65.7 Å². The van der Waals surface area contributed by atoms with Gasteiger partial charge in [0.15, 0.2) is 6.61 Å². The molecule has 148 valence electrons. The maximum Gasteiger partial charge on any atom is 0.262 e. The summed E-state index contributed by atoms with van der Waals surface area (Å²) in [5.74, 6) is 0.353. The predicted octanol–water partition coefficient (Wildman–Crippen LogP) is 6.03. The van der Waals surface area contributed by atoms with E-state index in [0.29, 0.717) is 16.5 Å². The molecule has 3 aromatic rings. The normalized spacial score (nSPS) is 10.9. The van der Waals surface area contributed by atoms with Gasteiger partial charge in [0.1, 0.15) is 5.75 Å². The number of carbonyl (C=O) groups is 1. The summed E-state index contributed by atoms with van der Waals surface area (Å²) in [4.78, 5) is 16.7. The van der Waals surface area contributed by atoms with Crippen LogP contribution in [0.1, 0.15) is 22.3 Å². The lowest BCUT2D eigenvalue weighted by Gasteiger charge is -2.09. The molecule has 0 aliphatic carbocycles. The van der Waals surface area contributed by atoms with Gasteiger partial charge in [0.2, 0.25) is 0 Å². The van der Waals surface area contributed by atoms with Gasteiger partial charge in [0, 0.05) is 16.9 Å². The first-order valence-electron chi connectivity index (χ1n) is 9.31. The summed E-state index contributed by atoms with van der Waals surface area (Å²) in [7, 11) is 0. The number of hydrogen-bond acceptors (Lipinski definition) is 3. The highest BCUT2D eigenvalue weighted by molar-refractivity contribution is 6.31. The summed E-state index contributed by atoms with van der Waals surface area (Å²) in [5.41, 5.74) is 5.76. The van der Waals surface area contributed by atoms with E-state index in [1.807, 2.05) is 62.4 Å². The summed E-state index contributed by atoms with van der Waals surface area (Å²) < 4.78 is 5.62. The Bertz CT molecular complexity index is 1060. The molecule has 0 fully saturated rings. The highest BCUT2D eigenvalue weighted by atomic mass is 35.5. The molecule has 1 N–H and O–H groups in total. The van der Waals surface area contributed by atoms with Crippen LogP contribution in [0, 0.1) is 20.8 Å². The number of carbonyl (C=O) groups excluding carboxylic acids is 1. The first-order chi connectivity index (χ1) is 13.9. The van der Waals surface area contributed by atoms with Crippen molar-refractivity contribution >= 4 is 35.1 Å². The number of rotatable bonds is 6.